The van der Waals surface area contributed by atoms with Crippen molar-refractivity contribution in [1.82, 2.24) is 4.98 Å². The van der Waals surface area contributed by atoms with Crippen molar-refractivity contribution in [3.8, 4) is 11.8 Å². The molecule has 0 aliphatic heterocycles. The fourth-order valence-electron chi connectivity index (χ4n) is 1.54. The van der Waals surface area contributed by atoms with E-state index in [1.54, 1.807) is 29.5 Å². The van der Waals surface area contributed by atoms with Crippen molar-refractivity contribution in [1.29, 1.82) is 5.26 Å². The van der Waals surface area contributed by atoms with Crippen molar-refractivity contribution >= 4 is 22.9 Å². The third-order valence-electron chi connectivity index (χ3n) is 2.53. The summed E-state index contributed by atoms with van der Waals surface area (Å²) < 4.78 is 5.63. The van der Waals surface area contributed by atoms with Gasteiger partial charge in [-0.3, -0.25) is 0 Å². The summed E-state index contributed by atoms with van der Waals surface area (Å²) in [5, 5.41) is 12.5. The minimum Gasteiger partial charge on any atom is -0.486 e. The molecular weight excluding hydrogens is 280 g/mol. The molecule has 0 aliphatic rings. The zero-order valence-electron chi connectivity index (χ0n) is 10.7. The van der Waals surface area contributed by atoms with E-state index in [0.717, 1.165) is 10.7 Å². The second kappa shape index (κ2) is 6.05. The Hall–Kier alpha value is -1.57. The van der Waals surface area contributed by atoms with E-state index in [9.17, 15) is 0 Å². The highest BCUT2D eigenvalue weighted by atomic mass is 35.5. The Labute approximate surface area is 121 Å². The highest BCUT2D eigenvalue weighted by Crippen LogP contribution is 2.26. The van der Waals surface area contributed by atoms with Gasteiger partial charge < -0.3 is 4.74 Å². The Morgan fingerprint density at radius 2 is 2.26 bits per heavy atom. The van der Waals surface area contributed by atoms with Crippen molar-refractivity contribution in [2.24, 2.45) is 0 Å². The first-order valence-corrected chi connectivity index (χ1v) is 7.13. The van der Waals surface area contributed by atoms with Crippen LogP contribution in [0, 0.1) is 11.3 Å². The molecule has 0 saturated heterocycles. The van der Waals surface area contributed by atoms with E-state index in [1.165, 1.54) is 0 Å². The summed E-state index contributed by atoms with van der Waals surface area (Å²) in [5.41, 5.74) is 1.24. The lowest BCUT2D eigenvalue weighted by Gasteiger charge is -2.07. The number of benzene rings is 1. The molecule has 98 valence electrons. The summed E-state index contributed by atoms with van der Waals surface area (Å²) in [6, 6.07) is 7.22. The third kappa shape index (κ3) is 3.25. The van der Waals surface area contributed by atoms with Gasteiger partial charge in [0.15, 0.2) is 0 Å². The van der Waals surface area contributed by atoms with Crippen LogP contribution in [0.15, 0.2) is 23.6 Å². The molecule has 3 nitrogen and oxygen atoms in total. The quantitative estimate of drug-likeness (QED) is 0.840. The first-order chi connectivity index (χ1) is 9.11. The molecule has 2 rings (SSSR count). The van der Waals surface area contributed by atoms with Crippen molar-refractivity contribution in [3.05, 3.63) is 44.9 Å². The maximum Gasteiger partial charge on any atom is 0.139 e. The number of hydrogen-bond acceptors (Lipinski definition) is 4. The highest BCUT2D eigenvalue weighted by molar-refractivity contribution is 7.09. The Morgan fingerprint density at radius 1 is 1.47 bits per heavy atom. The molecule has 0 aliphatic carbocycles. The summed E-state index contributed by atoms with van der Waals surface area (Å²) >= 11 is 7.56. The minimum atomic E-state index is 0.345. The fraction of sp³-hybridized carbons (Fsp3) is 0.286. The number of halogens is 1. The molecule has 0 fully saturated rings. The van der Waals surface area contributed by atoms with E-state index in [2.05, 4.69) is 18.8 Å². The molecule has 1 aromatic heterocycles. The van der Waals surface area contributed by atoms with Crippen LogP contribution >= 0.6 is 22.9 Å². The highest BCUT2D eigenvalue weighted by Gasteiger charge is 2.10. The van der Waals surface area contributed by atoms with Crippen molar-refractivity contribution in [3.63, 3.8) is 0 Å². The second-order valence-corrected chi connectivity index (χ2v) is 5.64. The summed E-state index contributed by atoms with van der Waals surface area (Å²) in [6.45, 7) is 4.56. The molecule has 0 radical (unpaired) electrons. The molecule has 1 aromatic carbocycles. The first-order valence-electron chi connectivity index (χ1n) is 5.87. The van der Waals surface area contributed by atoms with Crippen LogP contribution in [0.2, 0.25) is 5.02 Å². The van der Waals surface area contributed by atoms with Crippen LogP contribution in [0.25, 0.3) is 0 Å². The van der Waals surface area contributed by atoms with Crippen LogP contribution in [-0.4, -0.2) is 4.98 Å². The van der Waals surface area contributed by atoms with Crippen molar-refractivity contribution in [2.45, 2.75) is 26.4 Å². The van der Waals surface area contributed by atoms with Gasteiger partial charge in [0, 0.05) is 11.3 Å². The van der Waals surface area contributed by atoms with E-state index in [0.29, 0.717) is 28.9 Å². The van der Waals surface area contributed by atoms with Gasteiger partial charge in [0.2, 0.25) is 0 Å². The van der Waals surface area contributed by atoms with Gasteiger partial charge in [-0.15, -0.1) is 11.3 Å². The Bertz CT molecular complexity index is 616. The van der Waals surface area contributed by atoms with Gasteiger partial charge in [-0.1, -0.05) is 31.5 Å². The second-order valence-electron chi connectivity index (χ2n) is 4.35. The van der Waals surface area contributed by atoms with Gasteiger partial charge >= 0.3 is 0 Å². The van der Waals surface area contributed by atoms with Crippen LogP contribution < -0.4 is 4.74 Å². The number of nitriles is 1. The SMILES string of the molecule is CC(C)c1nc(COc2cccc(Cl)c2C#N)cs1. The Morgan fingerprint density at radius 3 is 2.89 bits per heavy atom. The average molecular weight is 293 g/mol. The molecule has 19 heavy (non-hydrogen) atoms. The molecule has 0 amide bonds. The number of rotatable bonds is 4. The number of ether oxygens (including phenoxy) is 1. The molecule has 0 bridgehead atoms. The van der Waals surface area contributed by atoms with Gasteiger partial charge in [-0.25, -0.2) is 4.98 Å². The molecule has 0 atom stereocenters. The first kappa shape index (κ1) is 13.9. The monoisotopic (exact) mass is 292 g/mol. The molecular formula is C14H13ClN2OS. The molecule has 1 heterocycles. The number of hydrogen-bond donors (Lipinski definition) is 0. The lowest BCUT2D eigenvalue weighted by molar-refractivity contribution is 0.301. The molecule has 0 spiro atoms. The smallest absolute Gasteiger partial charge is 0.139 e. The summed E-state index contributed by atoms with van der Waals surface area (Å²) in [5.74, 6) is 0.911. The van der Waals surface area contributed by atoms with Gasteiger partial charge in [-0.05, 0) is 12.1 Å². The van der Waals surface area contributed by atoms with Crippen LogP contribution in [0.1, 0.15) is 36.0 Å². The van der Waals surface area contributed by atoms with Crippen LogP contribution in [-0.2, 0) is 6.61 Å². The van der Waals surface area contributed by atoms with E-state index in [4.69, 9.17) is 21.6 Å². The summed E-state index contributed by atoms with van der Waals surface area (Å²) in [4.78, 5) is 4.48. The van der Waals surface area contributed by atoms with Crippen LogP contribution in [0.3, 0.4) is 0 Å². The summed E-state index contributed by atoms with van der Waals surface area (Å²) in [6.07, 6.45) is 0. The zero-order chi connectivity index (χ0) is 13.8. The Balaban J connectivity index is 2.10. The van der Waals surface area contributed by atoms with E-state index < -0.39 is 0 Å². The lowest BCUT2D eigenvalue weighted by atomic mass is 10.2. The molecule has 0 N–H and O–H groups in total. The normalized spacial score (nSPS) is 10.5. The topological polar surface area (TPSA) is 45.9 Å². The van der Waals surface area contributed by atoms with E-state index >= 15 is 0 Å². The Kier molecular flexibility index (Phi) is 4.41. The third-order valence-corrected chi connectivity index (χ3v) is 4.04. The van der Waals surface area contributed by atoms with E-state index in [-0.39, 0.29) is 0 Å². The zero-order valence-corrected chi connectivity index (χ0v) is 12.3. The lowest BCUT2D eigenvalue weighted by Crippen LogP contribution is -1.98. The molecule has 0 saturated carbocycles. The van der Waals surface area contributed by atoms with Crippen LogP contribution in [0.5, 0.6) is 5.75 Å². The maximum atomic E-state index is 9.05. The molecule has 0 unspecified atom stereocenters. The molecule has 5 heteroatoms. The standard InChI is InChI=1S/C14H13ClN2OS/c1-9(2)14-17-10(8-19-14)7-18-13-5-3-4-12(15)11(13)6-16/h3-5,8-9H,7H2,1-2H3. The fourth-order valence-corrected chi connectivity index (χ4v) is 2.57. The van der Waals surface area contributed by atoms with Gasteiger partial charge in [0.25, 0.3) is 0 Å². The summed E-state index contributed by atoms with van der Waals surface area (Å²) in [7, 11) is 0. The minimum absolute atomic E-state index is 0.345. The average Bonchev–Trinajstić information content (AvgIpc) is 2.85. The van der Waals surface area contributed by atoms with E-state index in [1.807, 2.05) is 11.4 Å². The van der Waals surface area contributed by atoms with Gasteiger partial charge in [-0.2, -0.15) is 5.26 Å². The van der Waals surface area contributed by atoms with Crippen LogP contribution in [0.4, 0.5) is 0 Å². The largest absolute Gasteiger partial charge is 0.486 e. The molecule has 2 aromatic rings. The number of nitrogens with zero attached hydrogens (tertiary/aromatic N) is 2. The van der Waals surface area contributed by atoms with Crippen molar-refractivity contribution < 1.29 is 4.74 Å². The van der Waals surface area contributed by atoms with Crippen molar-refractivity contribution in [2.75, 3.05) is 0 Å². The number of thiazole rings is 1. The predicted molar refractivity (Wildman–Crippen MR) is 76.7 cm³/mol. The van der Waals surface area contributed by atoms with Gasteiger partial charge in [0.1, 0.15) is 24.0 Å². The predicted octanol–water partition coefficient (Wildman–Crippen LogP) is 4.37. The maximum absolute atomic E-state index is 9.05. The number of aromatic nitrogens is 1. The van der Waals surface area contributed by atoms with Gasteiger partial charge in [0.05, 0.1) is 15.7 Å².